The van der Waals surface area contributed by atoms with Crippen LogP contribution < -0.4 is 10.6 Å². The maximum Gasteiger partial charge on any atom is 0.412 e. The lowest BCUT2D eigenvalue weighted by molar-refractivity contribution is -0.158. The molecule has 10 heteroatoms. The molecule has 0 aliphatic heterocycles. The Labute approximate surface area is 210 Å². The van der Waals surface area contributed by atoms with Gasteiger partial charge in [0.15, 0.2) is 0 Å². The van der Waals surface area contributed by atoms with Crippen LogP contribution >= 0.6 is 15.9 Å². The standard InChI is InChI=1S/C24H37BrN2O7/c1-22(2,3)32-19(29)17(27-21(31)34-24(7,8)9)13-18(28)15-12-14(25)10-11-16(15)26-20(30)33-23(4,5)6/h10-12,17-18,28H,13H2,1-9H3,(H,26,30)(H,27,31)/t17-,18?/m0/s1. The van der Waals surface area contributed by atoms with Gasteiger partial charge in [-0.05, 0) is 80.5 Å². The molecule has 0 saturated heterocycles. The third kappa shape index (κ3) is 11.7. The van der Waals surface area contributed by atoms with Crippen molar-refractivity contribution in [2.24, 2.45) is 0 Å². The molecule has 1 aromatic rings. The summed E-state index contributed by atoms with van der Waals surface area (Å²) in [5.41, 5.74) is -1.69. The van der Waals surface area contributed by atoms with Crippen LogP contribution in [-0.4, -0.2) is 46.1 Å². The molecule has 1 rings (SSSR count). The van der Waals surface area contributed by atoms with Crippen molar-refractivity contribution in [2.75, 3.05) is 5.32 Å². The molecule has 3 N–H and O–H groups in total. The second-order valence-electron chi connectivity index (χ2n) is 10.8. The minimum atomic E-state index is -1.25. The van der Waals surface area contributed by atoms with Gasteiger partial charge in [-0.2, -0.15) is 0 Å². The predicted octanol–water partition coefficient (Wildman–Crippen LogP) is 5.45. The molecule has 1 aromatic carbocycles. The highest BCUT2D eigenvalue weighted by molar-refractivity contribution is 9.10. The molecule has 1 unspecified atom stereocenters. The van der Waals surface area contributed by atoms with Crippen LogP contribution in [0.4, 0.5) is 15.3 Å². The van der Waals surface area contributed by atoms with E-state index in [0.717, 1.165) is 0 Å². The lowest BCUT2D eigenvalue weighted by atomic mass is 10.00. The second kappa shape index (κ2) is 11.4. The summed E-state index contributed by atoms with van der Waals surface area (Å²) in [6.07, 6.45) is -3.00. The Bertz CT molecular complexity index is 883. The molecule has 0 heterocycles. The van der Waals surface area contributed by atoms with Crippen LogP contribution in [0.5, 0.6) is 0 Å². The van der Waals surface area contributed by atoms with Gasteiger partial charge < -0.3 is 24.6 Å². The van der Waals surface area contributed by atoms with Crippen molar-refractivity contribution in [3.8, 4) is 0 Å². The fourth-order valence-electron chi connectivity index (χ4n) is 2.72. The first-order chi connectivity index (χ1) is 15.3. The zero-order valence-corrected chi connectivity index (χ0v) is 23.0. The Morgan fingerprint density at radius 1 is 0.882 bits per heavy atom. The van der Waals surface area contributed by atoms with Gasteiger partial charge in [0.05, 0.1) is 6.10 Å². The number of halogens is 1. The van der Waals surface area contributed by atoms with E-state index < -0.39 is 47.1 Å². The number of rotatable bonds is 6. The summed E-state index contributed by atoms with van der Waals surface area (Å²) in [4.78, 5) is 37.4. The van der Waals surface area contributed by atoms with Gasteiger partial charge in [-0.1, -0.05) is 15.9 Å². The normalized spacial score (nSPS) is 14.0. The molecule has 192 valence electrons. The van der Waals surface area contributed by atoms with Crippen LogP contribution in [0.2, 0.25) is 0 Å². The summed E-state index contributed by atoms with van der Waals surface area (Å²) >= 11 is 3.35. The monoisotopic (exact) mass is 544 g/mol. The summed E-state index contributed by atoms with van der Waals surface area (Å²) in [6.45, 7) is 15.4. The third-order valence-electron chi connectivity index (χ3n) is 3.85. The van der Waals surface area contributed by atoms with Gasteiger partial charge in [-0.3, -0.25) is 5.32 Å². The van der Waals surface area contributed by atoms with Crippen LogP contribution in [0.15, 0.2) is 22.7 Å². The SMILES string of the molecule is CC(C)(C)OC(=O)Nc1ccc(Br)cc1C(O)C[C@H](NC(=O)OC(C)(C)C)C(=O)OC(C)(C)C. The maximum absolute atomic E-state index is 12.8. The Hall–Kier alpha value is -2.33. The molecule has 2 amide bonds. The van der Waals surface area contributed by atoms with E-state index in [2.05, 4.69) is 26.6 Å². The molecular formula is C24H37BrN2O7. The number of aliphatic hydroxyl groups is 1. The van der Waals surface area contributed by atoms with Gasteiger partial charge in [0.1, 0.15) is 22.8 Å². The van der Waals surface area contributed by atoms with E-state index in [4.69, 9.17) is 14.2 Å². The predicted molar refractivity (Wildman–Crippen MR) is 133 cm³/mol. The fourth-order valence-corrected chi connectivity index (χ4v) is 3.10. The Balaban J connectivity index is 3.17. The molecule has 0 saturated carbocycles. The third-order valence-corrected chi connectivity index (χ3v) is 4.34. The van der Waals surface area contributed by atoms with Crippen molar-refractivity contribution in [1.82, 2.24) is 5.32 Å². The number of hydrogen-bond acceptors (Lipinski definition) is 7. The van der Waals surface area contributed by atoms with Crippen LogP contribution in [0.3, 0.4) is 0 Å². The first kappa shape index (κ1) is 29.7. The van der Waals surface area contributed by atoms with E-state index in [1.165, 1.54) is 0 Å². The van der Waals surface area contributed by atoms with Gasteiger partial charge in [0, 0.05) is 22.1 Å². The molecule has 0 aliphatic rings. The van der Waals surface area contributed by atoms with E-state index in [-0.39, 0.29) is 6.42 Å². The van der Waals surface area contributed by atoms with Gasteiger partial charge >= 0.3 is 18.2 Å². The number of amides is 2. The smallest absolute Gasteiger partial charge is 0.412 e. The highest BCUT2D eigenvalue weighted by Crippen LogP contribution is 2.30. The molecule has 2 atom stereocenters. The summed E-state index contributed by atoms with van der Waals surface area (Å²) in [6, 6.07) is 3.68. The Morgan fingerprint density at radius 3 is 1.88 bits per heavy atom. The van der Waals surface area contributed by atoms with Crippen LogP contribution in [0.1, 0.15) is 80.4 Å². The highest BCUT2D eigenvalue weighted by Gasteiger charge is 2.32. The number of carbonyl (C=O) groups is 3. The van der Waals surface area contributed by atoms with Gasteiger partial charge in [-0.15, -0.1) is 0 Å². The number of anilines is 1. The van der Waals surface area contributed by atoms with Crippen molar-refractivity contribution < 1.29 is 33.7 Å². The van der Waals surface area contributed by atoms with Crippen LogP contribution in [0, 0.1) is 0 Å². The molecule has 0 bridgehead atoms. The lowest BCUT2D eigenvalue weighted by Crippen LogP contribution is -2.46. The van der Waals surface area contributed by atoms with Crippen molar-refractivity contribution in [3.05, 3.63) is 28.2 Å². The quantitative estimate of drug-likeness (QED) is 0.321. The van der Waals surface area contributed by atoms with E-state index in [1.54, 1.807) is 80.5 Å². The number of carbonyl (C=O) groups excluding carboxylic acids is 3. The Kier molecular flexibility index (Phi) is 9.96. The minimum absolute atomic E-state index is 0.229. The minimum Gasteiger partial charge on any atom is -0.458 e. The average Bonchev–Trinajstić information content (AvgIpc) is 2.57. The molecule has 9 nitrogen and oxygen atoms in total. The molecule has 0 radical (unpaired) electrons. The topological polar surface area (TPSA) is 123 Å². The molecular weight excluding hydrogens is 508 g/mol. The first-order valence-corrected chi connectivity index (χ1v) is 11.7. The van der Waals surface area contributed by atoms with E-state index in [0.29, 0.717) is 15.7 Å². The van der Waals surface area contributed by atoms with Gasteiger partial charge in [0.25, 0.3) is 0 Å². The van der Waals surface area contributed by atoms with Crippen molar-refractivity contribution >= 4 is 39.8 Å². The zero-order chi connectivity index (χ0) is 26.5. The summed E-state index contributed by atoms with van der Waals surface area (Å²) in [5.74, 6) is -0.728. The molecule has 0 fully saturated rings. The molecule has 0 spiro atoms. The van der Waals surface area contributed by atoms with Crippen LogP contribution in [-0.2, 0) is 19.0 Å². The summed E-state index contributed by atoms with van der Waals surface area (Å²) < 4.78 is 16.6. The van der Waals surface area contributed by atoms with E-state index >= 15 is 0 Å². The Morgan fingerprint density at radius 2 is 1.38 bits per heavy atom. The number of esters is 1. The average molecular weight is 545 g/mol. The van der Waals surface area contributed by atoms with Crippen molar-refractivity contribution in [3.63, 3.8) is 0 Å². The zero-order valence-electron chi connectivity index (χ0n) is 21.4. The molecule has 0 aromatic heterocycles. The highest BCUT2D eigenvalue weighted by atomic mass is 79.9. The summed E-state index contributed by atoms with van der Waals surface area (Å²) in [7, 11) is 0. The molecule has 34 heavy (non-hydrogen) atoms. The van der Waals surface area contributed by atoms with E-state index in [9.17, 15) is 19.5 Å². The van der Waals surface area contributed by atoms with Crippen LogP contribution in [0.25, 0.3) is 0 Å². The fraction of sp³-hybridized carbons (Fsp3) is 0.625. The second-order valence-corrected chi connectivity index (χ2v) is 11.8. The number of ether oxygens (including phenoxy) is 3. The molecule has 0 aliphatic carbocycles. The van der Waals surface area contributed by atoms with Crippen molar-refractivity contribution in [1.29, 1.82) is 0 Å². The van der Waals surface area contributed by atoms with E-state index in [1.807, 2.05) is 0 Å². The lowest BCUT2D eigenvalue weighted by Gasteiger charge is -2.28. The van der Waals surface area contributed by atoms with Crippen molar-refractivity contribution in [2.45, 2.75) is 97.7 Å². The first-order valence-electron chi connectivity index (χ1n) is 11.0. The number of alkyl carbamates (subject to hydrolysis) is 1. The largest absolute Gasteiger partial charge is 0.458 e. The number of nitrogens with one attached hydrogen (secondary N) is 2. The number of aliphatic hydroxyl groups excluding tert-OH is 1. The number of hydrogen-bond donors (Lipinski definition) is 3. The summed E-state index contributed by atoms with van der Waals surface area (Å²) in [5, 5.41) is 16.1. The maximum atomic E-state index is 12.8. The van der Waals surface area contributed by atoms with Gasteiger partial charge in [-0.25, -0.2) is 14.4 Å². The number of benzene rings is 1. The van der Waals surface area contributed by atoms with Gasteiger partial charge in [0.2, 0.25) is 0 Å².